The van der Waals surface area contributed by atoms with Gasteiger partial charge in [-0.2, -0.15) is 0 Å². The molecule has 82 valence electrons. The summed E-state index contributed by atoms with van der Waals surface area (Å²) in [7, 11) is 1.82. The zero-order valence-electron chi connectivity index (χ0n) is 8.81. The summed E-state index contributed by atoms with van der Waals surface area (Å²) >= 11 is 0. The summed E-state index contributed by atoms with van der Waals surface area (Å²) < 4.78 is 10.3. The van der Waals surface area contributed by atoms with E-state index in [0.29, 0.717) is 5.76 Å². The molecule has 1 aliphatic heterocycles. The maximum absolute atomic E-state index is 11.9. The third-order valence-electron chi connectivity index (χ3n) is 2.79. The van der Waals surface area contributed by atoms with Crippen LogP contribution in [-0.4, -0.2) is 37.1 Å². The number of nitrogens with zero attached hydrogens (tertiary/aromatic N) is 1. The average molecular weight is 209 g/mol. The normalized spacial score (nSPS) is 17.7. The van der Waals surface area contributed by atoms with Crippen LogP contribution in [0.1, 0.15) is 23.4 Å². The minimum Gasteiger partial charge on any atom is -0.459 e. The standard InChI is InChI=1S/C11H15NO3/c1-12(9-4-7-14-8-5-9)11(13)10-3-2-6-15-10/h2-3,6,9H,4-5,7-8H2,1H3. The van der Waals surface area contributed by atoms with Gasteiger partial charge in [-0.05, 0) is 25.0 Å². The van der Waals surface area contributed by atoms with Gasteiger partial charge in [0.05, 0.1) is 6.26 Å². The van der Waals surface area contributed by atoms with Crippen molar-refractivity contribution in [2.24, 2.45) is 0 Å². The van der Waals surface area contributed by atoms with E-state index in [2.05, 4.69) is 0 Å². The average Bonchev–Trinajstić information content (AvgIpc) is 2.82. The molecule has 0 saturated carbocycles. The number of ether oxygens (including phenoxy) is 1. The number of rotatable bonds is 2. The summed E-state index contributed by atoms with van der Waals surface area (Å²) in [5, 5.41) is 0. The maximum atomic E-state index is 11.9. The molecule has 0 bridgehead atoms. The van der Waals surface area contributed by atoms with E-state index in [0.717, 1.165) is 26.1 Å². The molecule has 1 amide bonds. The summed E-state index contributed by atoms with van der Waals surface area (Å²) in [5.41, 5.74) is 0. The largest absolute Gasteiger partial charge is 0.459 e. The second-order valence-corrected chi connectivity index (χ2v) is 3.74. The van der Waals surface area contributed by atoms with Gasteiger partial charge < -0.3 is 14.1 Å². The molecule has 1 fully saturated rings. The van der Waals surface area contributed by atoms with Crippen LogP contribution in [0.3, 0.4) is 0 Å². The van der Waals surface area contributed by atoms with Gasteiger partial charge in [-0.15, -0.1) is 0 Å². The molecule has 0 N–H and O–H groups in total. The molecule has 0 aliphatic carbocycles. The van der Waals surface area contributed by atoms with E-state index < -0.39 is 0 Å². The Kier molecular flexibility index (Phi) is 3.06. The van der Waals surface area contributed by atoms with Crippen LogP contribution in [0, 0.1) is 0 Å². The van der Waals surface area contributed by atoms with Crippen LogP contribution < -0.4 is 0 Å². The highest BCUT2D eigenvalue weighted by Crippen LogP contribution is 2.15. The molecule has 0 aromatic carbocycles. The summed E-state index contributed by atoms with van der Waals surface area (Å²) in [6.07, 6.45) is 3.33. The van der Waals surface area contributed by atoms with Crippen molar-refractivity contribution < 1.29 is 13.9 Å². The lowest BCUT2D eigenvalue weighted by Crippen LogP contribution is -2.40. The van der Waals surface area contributed by atoms with Gasteiger partial charge in [-0.3, -0.25) is 4.79 Å². The number of amides is 1. The fourth-order valence-electron chi connectivity index (χ4n) is 1.81. The zero-order valence-corrected chi connectivity index (χ0v) is 8.81. The van der Waals surface area contributed by atoms with Crippen LogP contribution in [0.15, 0.2) is 22.8 Å². The van der Waals surface area contributed by atoms with Gasteiger partial charge in [-0.1, -0.05) is 0 Å². The molecule has 2 rings (SSSR count). The van der Waals surface area contributed by atoms with Gasteiger partial charge >= 0.3 is 0 Å². The van der Waals surface area contributed by atoms with Crippen molar-refractivity contribution in [3.8, 4) is 0 Å². The fraction of sp³-hybridized carbons (Fsp3) is 0.545. The zero-order chi connectivity index (χ0) is 10.7. The minimum atomic E-state index is -0.0492. The van der Waals surface area contributed by atoms with E-state index in [9.17, 15) is 4.79 Å². The first-order valence-electron chi connectivity index (χ1n) is 5.17. The van der Waals surface area contributed by atoms with E-state index in [1.807, 2.05) is 7.05 Å². The Morgan fingerprint density at radius 2 is 2.20 bits per heavy atom. The van der Waals surface area contributed by atoms with Crippen LogP contribution >= 0.6 is 0 Å². The third-order valence-corrected chi connectivity index (χ3v) is 2.79. The Hall–Kier alpha value is -1.29. The minimum absolute atomic E-state index is 0.0492. The van der Waals surface area contributed by atoms with Crippen molar-refractivity contribution >= 4 is 5.91 Å². The predicted molar refractivity (Wildman–Crippen MR) is 54.6 cm³/mol. The van der Waals surface area contributed by atoms with E-state index in [1.54, 1.807) is 17.0 Å². The molecule has 15 heavy (non-hydrogen) atoms. The lowest BCUT2D eigenvalue weighted by Gasteiger charge is -2.30. The van der Waals surface area contributed by atoms with Crippen molar-refractivity contribution in [3.63, 3.8) is 0 Å². The Balaban J connectivity index is 2.00. The Morgan fingerprint density at radius 1 is 1.47 bits per heavy atom. The topological polar surface area (TPSA) is 42.7 Å². The molecule has 1 saturated heterocycles. The van der Waals surface area contributed by atoms with Crippen LogP contribution in [0.5, 0.6) is 0 Å². The van der Waals surface area contributed by atoms with Crippen molar-refractivity contribution in [1.29, 1.82) is 0 Å². The van der Waals surface area contributed by atoms with Gasteiger partial charge in [0, 0.05) is 26.3 Å². The SMILES string of the molecule is CN(C(=O)c1ccco1)C1CCOCC1. The number of carbonyl (C=O) groups is 1. The molecule has 2 heterocycles. The second kappa shape index (κ2) is 4.49. The summed E-state index contributed by atoms with van der Waals surface area (Å²) in [6.45, 7) is 1.47. The van der Waals surface area contributed by atoms with Crippen molar-refractivity contribution in [3.05, 3.63) is 24.2 Å². The number of hydrogen-bond donors (Lipinski definition) is 0. The first-order chi connectivity index (χ1) is 7.29. The molecule has 1 aromatic rings. The summed E-state index contributed by atoms with van der Waals surface area (Å²) in [4.78, 5) is 13.6. The Labute approximate surface area is 88.8 Å². The van der Waals surface area contributed by atoms with Crippen LogP contribution in [0.4, 0.5) is 0 Å². The molecule has 4 nitrogen and oxygen atoms in total. The molecular weight excluding hydrogens is 194 g/mol. The highest BCUT2D eigenvalue weighted by Gasteiger charge is 2.24. The van der Waals surface area contributed by atoms with E-state index in [1.165, 1.54) is 6.26 Å². The Morgan fingerprint density at radius 3 is 2.80 bits per heavy atom. The molecule has 0 unspecified atom stereocenters. The van der Waals surface area contributed by atoms with E-state index in [-0.39, 0.29) is 11.9 Å². The van der Waals surface area contributed by atoms with Crippen molar-refractivity contribution in [2.45, 2.75) is 18.9 Å². The molecule has 1 aromatic heterocycles. The highest BCUT2D eigenvalue weighted by molar-refractivity contribution is 5.91. The summed E-state index contributed by atoms with van der Waals surface area (Å²) in [6, 6.07) is 3.69. The first kappa shape index (κ1) is 10.2. The lowest BCUT2D eigenvalue weighted by molar-refractivity contribution is 0.0345. The number of carbonyl (C=O) groups excluding carboxylic acids is 1. The quantitative estimate of drug-likeness (QED) is 0.741. The molecule has 0 atom stereocenters. The van der Waals surface area contributed by atoms with Crippen molar-refractivity contribution in [2.75, 3.05) is 20.3 Å². The monoisotopic (exact) mass is 209 g/mol. The summed E-state index contributed by atoms with van der Waals surface area (Å²) in [5.74, 6) is 0.357. The first-order valence-corrected chi connectivity index (χ1v) is 5.17. The van der Waals surface area contributed by atoms with E-state index in [4.69, 9.17) is 9.15 Å². The van der Waals surface area contributed by atoms with Crippen LogP contribution in [0.2, 0.25) is 0 Å². The third kappa shape index (κ3) is 2.21. The van der Waals surface area contributed by atoms with Crippen LogP contribution in [0.25, 0.3) is 0 Å². The highest BCUT2D eigenvalue weighted by atomic mass is 16.5. The predicted octanol–water partition coefficient (Wildman–Crippen LogP) is 1.53. The van der Waals surface area contributed by atoms with Gasteiger partial charge in [0.2, 0.25) is 0 Å². The second-order valence-electron chi connectivity index (χ2n) is 3.74. The smallest absolute Gasteiger partial charge is 0.289 e. The number of hydrogen-bond acceptors (Lipinski definition) is 3. The fourth-order valence-corrected chi connectivity index (χ4v) is 1.81. The molecule has 0 radical (unpaired) electrons. The van der Waals surface area contributed by atoms with Gasteiger partial charge in [-0.25, -0.2) is 0 Å². The van der Waals surface area contributed by atoms with Gasteiger partial charge in [0.25, 0.3) is 5.91 Å². The van der Waals surface area contributed by atoms with E-state index >= 15 is 0 Å². The molecular formula is C11H15NO3. The van der Waals surface area contributed by atoms with Crippen molar-refractivity contribution in [1.82, 2.24) is 4.90 Å². The molecule has 0 spiro atoms. The lowest BCUT2D eigenvalue weighted by atomic mass is 10.1. The molecule has 4 heteroatoms. The molecule has 1 aliphatic rings. The van der Waals surface area contributed by atoms with Crippen LogP contribution in [-0.2, 0) is 4.74 Å². The maximum Gasteiger partial charge on any atom is 0.289 e. The number of furan rings is 1. The Bertz CT molecular complexity index is 315. The van der Waals surface area contributed by atoms with Gasteiger partial charge in [0.15, 0.2) is 5.76 Å². The van der Waals surface area contributed by atoms with Gasteiger partial charge in [0.1, 0.15) is 0 Å².